The molecule has 2 N–H and O–H groups in total. The summed E-state index contributed by atoms with van der Waals surface area (Å²) in [6, 6.07) is 4.76. The van der Waals surface area contributed by atoms with E-state index in [1.54, 1.807) is 0 Å². The Morgan fingerprint density at radius 3 is 2.23 bits per heavy atom. The molecular formula is C24H21Cl3F4N2O2. The summed E-state index contributed by atoms with van der Waals surface area (Å²) in [5, 5.41) is 4.53. The second kappa shape index (κ2) is 11.9. The fourth-order valence-electron chi connectivity index (χ4n) is 3.11. The van der Waals surface area contributed by atoms with Crippen LogP contribution in [0.5, 0.6) is 0 Å². The van der Waals surface area contributed by atoms with Gasteiger partial charge in [0.25, 0.3) is 5.91 Å². The van der Waals surface area contributed by atoms with E-state index >= 15 is 0 Å². The summed E-state index contributed by atoms with van der Waals surface area (Å²) < 4.78 is 56.2. The zero-order chi connectivity index (χ0) is 26.5. The summed E-state index contributed by atoms with van der Waals surface area (Å²) in [7, 11) is 0. The Labute approximate surface area is 214 Å². The highest BCUT2D eigenvalue weighted by molar-refractivity contribution is 6.48. The molecule has 0 aliphatic heterocycles. The van der Waals surface area contributed by atoms with Crippen LogP contribution in [0.1, 0.15) is 39.9 Å². The van der Waals surface area contributed by atoms with Gasteiger partial charge >= 0.3 is 6.18 Å². The van der Waals surface area contributed by atoms with Gasteiger partial charge in [0.15, 0.2) is 0 Å². The quantitative estimate of drug-likeness (QED) is 0.210. The number of amides is 2. The summed E-state index contributed by atoms with van der Waals surface area (Å²) in [6.07, 6.45) is -2.97. The van der Waals surface area contributed by atoms with Crippen LogP contribution in [-0.2, 0) is 4.79 Å². The molecule has 2 atom stereocenters. The molecule has 35 heavy (non-hydrogen) atoms. The van der Waals surface area contributed by atoms with E-state index in [1.807, 2.05) is 0 Å². The van der Waals surface area contributed by atoms with E-state index in [1.165, 1.54) is 38.1 Å². The second-order valence-corrected chi connectivity index (χ2v) is 8.78. The van der Waals surface area contributed by atoms with Crippen LogP contribution in [0.4, 0.5) is 17.6 Å². The Bertz CT molecular complexity index is 1140. The number of aryl methyl sites for hydroxylation is 1. The molecule has 2 aromatic carbocycles. The van der Waals surface area contributed by atoms with Crippen LogP contribution in [0, 0.1) is 6.92 Å². The first kappa shape index (κ1) is 28.7. The number of halogens is 7. The SMILES string of the molecule is C=CCNC(=O)C(C)NC(=O)c1ccc(/C(F)=C/C(c2cc(Cl)c(Cl)c(Cl)c2)C(F)(F)F)cc1C. The van der Waals surface area contributed by atoms with Crippen LogP contribution in [0.25, 0.3) is 5.83 Å². The Balaban J connectivity index is 2.32. The van der Waals surface area contributed by atoms with Gasteiger partial charge in [0.2, 0.25) is 5.91 Å². The van der Waals surface area contributed by atoms with E-state index in [2.05, 4.69) is 17.2 Å². The largest absolute Gasteiger partial charge is 0.399 e. The highest BCUT2D eigenvalue weighted by Gasteiger charge is 2.40. The third-order valence-corrected chi connectivity index (χ3v) is 6.14. The number of hydrogen-bond acceptors (Lipinski definition) is 2. The fourth-order valence-corrected chi connectivity index (χ4v) is 3.72. The van der Waals surface area contributed by atoms with E-state index in [0.717, 1.165) is 12.1 Å². The molecule has 0 saturated heterocycles. The number of rotatable bonds is 8. The summed E-state index contributed by atoms with van der Waals surface area (Å²) >= 11 is 17.5. The van der Waals surface area contributed by atoms with Gasteiger partial charge in [-0.15, -0.1) is 6.58 Å². The van der Waals surface area contributed by atoms with Crippen molar-refractivity contribution in [2.24, 2.45) is 0 Å². The summed E-state index contributed by atoms with van der Waals surface area (Å²) in [6.45, 7) is 6.68. The van der Waals surface area contributed by atoms with Gasteiger partial charge in [-0.25, -0.2) is 4.39 Å². The number of alkyl halides is 3. The van der Waals surface area contributed by atoms with Crippen molar-refractivity contribution in [1.29, 1.82) is 0 Å². The van der Waals surface area contributed by atoms with E-state index < -0.39 is 35.8 Å². The molecule has 0 aliphatic carbocycles. The van der Waals surface area contributed by atoms with Crippen LogP contribution in [0.15, 0.2) is 49.1 Å². The molecule has 0 radical (unpaired) electrons. The number of carbonyl (C=O) groups excluding carboxylic acids is 2. The van der Waals surface area contributed by atoms with Crippen LogP contribution in [-0.4, -0.2) is 30.6 Å². The fraction of sp³-hybridized carbons (Fsp3) is 0.250. The predicted molar refractivity (Wildman–Crippen MR) is 131 cm³/mol. The Morgan fingerprint density at radius 2 is 1.71 bits per heavy atom. The standard InChI is InChI=1S/C24H21Cl3F4N2O2/c1-4-7-32-22(34)13(3)33-23(35)16-6-5-14(8-12(16)2)20(28)11-17(24(29,30)31)15-9-18(25)21(27)19(26)10-15/h4-6,8-11,13,17H,1,7H2,2-3H3,(H,32,34)(H,33,35)/b20-11-. The minimum absolute atomic E-state index is 0.112. The summed E-state index contributed by atoms with van der Waals surface area (Å²) in [5.41, 5.74) is -0.128. The molecule has 0 fully saturated rings. The van der Waals surface area contributed by atoms with Crippen molar-refractivity contribution in [2.75, 3.05) is 6.54 Å². The van der Waals surface area contributed by atoms with Gasteiger partial charge in [-0.2, -0.15) is 13.2 Å². The first-order chi connectivity index (χ1) is 16.3. The maximum absolute atomic E-state index is 14.9. The Kier molecular flexibility index (Phi) is 9.77. The first-order valence-corrected chi connectivity index (χ1v) is 11.3. The number of nitrogens with one attached hydrogen (secondary N) is 2. The lowest BCUT2D eigenvalue weighted by atomic mass is 9.95. The number of benzene rings is 2. The lowest BCUT2D eigenvalue weighted by Crippen LogP contribution is -2.45. The van der Waals surface area contributed by atoms with Gasteiger partial charge in [0, 0.05) is 17.7 Å². The van der Waals surface area contributed by atoms with Crippen molar-refractivity contribution >= 4 is 52.4 Å². The van der Waals surface area contributed by atoms with E-state index in [-0.39, 0.29) is 38.3 Å². The van der Waals surface area contributed by atoms with Crippen molar-refractivity contribution < 1.29 is 27.2 Å². The van der Waals surface area contributed by atoms with E-state index in [0.29, 0.717) is 11.6 Å². The van der Waals surface area contributed by atoms with E-state index in [4.69, 9.17) is 34.8 Å². The molecule has 2 aromatic rings. The zero-order valence-corrected chi connectivity index (χ0v) is 20.8. The summed E-state index contributed by atoms with van der Waals surface area (Å²) in [5.74, 6) is -4.55. The number of allylic oxidation sites excluding steroid dienone is 1. The van der Waals surface area contributed by atoms with Gasteiger partial charge in [-0.3, -0.25) is 9.59 Å². The minimum Gasteiger partial charge on any atom is -0.351 e. The summed E-state index contributed by atoms with van der Waals surface area (Å²) in [4.78, 5) is 24.4. The molecule has 0 aromatic heterocycles. The molecule has 0 saturated carbocycles. The van der Waals surface area contributed by atoms with Gasteiger partial charge in [0.05, 0.1) is 15.1 Å². The molecule has 4 nitrogen and oxygen atoms in total. The van der Waals surface area contributed by atoms with Crippen LogP contribution >= 0.6 is 34.8 Å². The Morgan fingerprint density at radius 1 is 1.11 bits per heavy atom. The van der Waals surface area contributed by atoms with Crippen molar-refractivity contribution in [3.63, 3.8) is 0 Å². The smallest absolute Gasteiger partial charge is 0.351 e. The lowest BCUT2D eigenvalue weighted by Gasteiger charge is -2.19. The predicted octanol–water partition coefficient (Wildman–Crippen LogP) is 7.03. The van der Waals surface area contributed by atoms with Crippen molar-refractivity contribution in [2.45, 2.75) is 32.0 Å². The first-order valence-electron chi connectivity index (χ1n) is 10.1. The van der Waals surface area contributed by atoms with Gasteiger partial charge in [0.1, 0.15) is 17.8 Å². The monoisotopic (exact) mass is 550 g/mol. The van der Waals surface area contributed by atoms with E-state index in [9.17, 15) is 27.2 Å². The molecule has 0 spiro atoms. The van der Waals surface area contributed by atoms with Crippen molar-refractivity contribution in [3.8, 4) is 0 Å². The van der Waals surface area contributed by atoms with Gasteiger partial charge < -0.3 is 10.6 Å². The topological polar surface area (TPSA) is 58.2 Å². The molecule has 11 heteroatoms. The molecule has 0 heterocycles. The highest BCUT2D eigenvalue weighted by Crippen LogP contribution is 2.42. The molecule has 0 aliphatic rings. The molecule has 0 bridgehead atoms. The molecule has 2 unspecified atom stereocenters. The number of hydrogen-bond donors (Lipinski definition) is 2. The molecular weight excluding hydrogens is 531 g/mol. The molecule has 188 valence electrons. The third kappa shape index (κ3) is 7.46. The second-order valence-electron chi connectivity index (χ2n) is 7.59. The van der Waals surface area contributed by atoms with Gasteiger partial charge in [-0.1, -0.05) is 46.9 Å². The third-order valence-electron chi connectivity index (χ3n) is 4.94. The maximum atomic E-state index is 14.9. The molecule has 2 amide bonds. The normalized spacial score (nSPS) is 13.7. The van der Waals surface area contributed by atoms with Gasteiger partial charge in [-0.05, 0) is 55.3 Å². The van der Waals surface area contributed by atoms with Crippen LogP contribution in [0.2, 0.25) is 15.1 Å². The highest BCUT2D eigenvalue weighted by atomic mass is 35.5. The zero-order valence-electron chi connectivity index (χ0n) is 18.6. The van der Waals surface area contributed by atoms with Crippen LogP contribution < -0.4 is 10.6 Å². The van der Waals surface area contributed by atoms with Crippen molar-refractivity contribution in [3.05, 3.63) is 86.4 Å². The minimum atomic E-state index is -4.85. The molecule has 2 rings (SSSR count). The Hall–Kier alpha value is -2.55. The van der Waals surface area contributed by atoms with Crippen molar-refractivity contribution in [1.82, 2.24) is 10.6 Å². The lowest BCUT2D eigenvalue weighted by molar-refractivity contribution is -0.139. The number of carbonyl (C=O) groups is 2. The van der Waals surface area contributed by atoms with Crippen LogP contribution in [0.3, 0.4) is 0 Å². The average molecular weight is 552 g/mol. The average Bonchev–Trinajstić information content (AvgIpc) is 2.77. The maximum Gasteiger partial charge on any atom is 0.399 e.